The van der Waals surface area contributed by atoms with Crippen LogP contribution in [0.25, 0.3) is 0 Å². The van der Waals surface area contributed by atoms with Crippen LogP contribution >= 0.6 is 0 Å². The molecular weight excluding hydrogens is 225 g/mol. The summed E-state index contributed by atoms with van der Waals surface area (Å²) in [4.78, 5) is 0. The Bertz CT molecular complexity index is 246. The Balaban J connectivity index is 0. The van der Waals surface area contributed by atoms with Crippen LogP contribution in [-0.4, -0.2) is 12.4 Å². The van der Waals surface area contributed by atoms with Gasteiger partial charge in [0.05, 0.1) is 0 Å². The third kappa shape index (κ3) is 7.04. The number of aromatic hydroxyl groups is 1. The molecule has 0 amide bonds. The summed E-state index contributed by atoms with van der Waals surface area (Å²) in [6.07, 6.45) is 0. The summed E-state index contributed by atoms with van der Waals surface area (Å²) in [5.74, 6) is -0.285. The van der Waals surface area contributed by atoms with Gasteiger partial charge in [0.15, 0.2) is 5.75 Å². The van der Waals surface area contributed by atoms with E-state index in [0.717, 1.165) is 0 Å². The maximum atomic E-state index is 9.96. The number of rotatable bonds is 2. The molecule has 0 aliphatic carbocycles. The molecular formula is C6H5BK2O4. The third-order valence-electron chi connectivity index (χ3n) is 1.09. The molecule has 1 aromatic carbocycles. The first-order valence-corrected chi connectivity index (χ1v) is 2.96. The summed E-state index contributed by atoms with van der Waals surface area (Å²) < 4.78 is 4.18. The molecule has 13 heavy (non-hydrogen) atoms. The minimum Gasteiger partial charge on any atom is -0.860 e. The van der Waals surface area contributed by atoms with E-state index in [1.54, 1.807) is 12.1 Å². The van der Waals surface area contributed by atoms with Gasteiger partial charge in [0.2, 0.25) is 0 Å². The van der Waals surface area contributed by atoms with Crippen LogP contribution in [0.5, 0.6) is 11.5 Å². The van der Waals surface area contributed by atoms with E-state index in [1.165, 1.54) is 12.1 Å². The fourth-order valence-corrected chi connectivity index (χ4v) is 0.660. The van der Waals surface area contributed by atoms with Crippen molar-refractivity contribution in [2.75, 3.05) is 0 Å². The van der Waals surface area contributed by atoms with Crippen LogP contribution in [0.4, 0.5) is 0 Å². The molecule has 0 atom stereocenters. The van der Waals surface area contributed by atoms with E-state index in [-0.39, 0.29) is 114 Å². The average molecular weight is 230 g/mol. The fourth-order valence-electron chi connectivity index (χ4n) is 0.660. The molecule has 7 heteroatoms. The fraction of sp³-hybridized carbons (Fsp3) is 0. The van der Waals surface area contributed by atoms with Gasteiger partial charge in [-0.25, -0.2) is 0 Å². The van der Waals surface area contributed by atoms with Crippen LogP contribution in [-0.2, 0) is 0 Å². The van der Waals surface area contributed by atoms with Crippen molar-refractivity contribution in [2.45, 2.75) is 0 Å². The maximum absolute atomic E-state index is 9.96. The molecule has 4 nitrogen and oxygen atoms in total. The SMILES string of the molecule is [K+].[K+].[O-]B([O-])Oc1ccccc1O. The minimum absolute atomic E-state index is 0. The van der Waals surface area contributed by atoms with Gasteiger partial charge in [-0.2, -0.15) is 0 Å². The third-order valence-corrected chi connectivity index (χ3v) is 1.09. The van der Waals surface area contributed by atoms with E-state index in [2.05, 4.69) is 4.65 Å². The van der Waals surface area contributed by atoms with Crippen LogP contribution in [0.3, 0.4) is 0 Å². The summed E-state index contributed by atoms with van der Waals surface area (Å²) in [5, 5.41) is 28.9. The topological polar surface area (TPSA) is 75.6 Å². The zero-order chi connectivity index (χ0) is 8.27. The Morgan fingerprint density at radius 1 is 1.15 bits per heavy atom. The Hall–Kier alpha value is 2.08. The molecule has 0 saturated heterocycles. The summed E-state index contributed by atoms with van der Waals surface area (Å²) in [7, 11) is -2.40. The van der Waals surface area contributed by atoms with E-state index in [1.807, 2.05) is 0 Å². The van der Waals surface area contributed by atoms with Gasteiger partial charge < -0.3 is 19.8 Å². The molecule has 0 spiro atoms. The van der Waals surface area contributed by atoms with Gasteiger partial charge in [0, 0.05) is 0 Å². The van der Waals surface area contributed by atoms with E-state index >= 15 is 0 Å². The molecule has 58 valence electrons. The molecule has 0 fully saturated rings. The Morgan fingerprint density at radius 3 is 2.15 bits per heavy atom. The van der Waals surface area contributed by atoms with Gasteiger partial charge in [0.1, 0.15) is 13.1 Å². The number of hydrogen-bond donors (Lipinski definition) is 1. The first kappa shape index (κ1) is 17.5. The number of benzene rings is 1. The van der Waals surface area contributed by atoms with Gasteiger partial charge in [-0.1, -0.05) is 12.1 Å². The Labute approximate surface area is 162 Å². The molecule has 1 aromatic rings. The normalized spacial score (nSPS) is 7.85. The van der Waals surface area contributed by atoms with Gasteiger partial charge >= 0.3 is 103 Å². The van der Waals surface area contributed by atoms with Crippen LogP contribution < -0.4 is 117 Å². The molecule has 0 bridgehead atoms. The molecule has 0 saturated carbocycles. The number of para-hydroxylation sites is 2. The van der Waals surface area contributed by atoms with Crippen LogP contribution in [0.15, 0.2) is 24.3 Å². The predicted octanol–water partition coefficient (Wildman–Crippen LogP) is -7.52. The molecule has 0 radical (unpaired) electrons. The number of phenolic OH excluding ortho intramolecular Hbond substituents is 1. The van der Waals surface area contributed by atoms with Crippen LogP contribution in [0, 0.1) is 0 Å². The van der Waals surface area contributed by atoms with Gasteiger partial charge in [0.25, 0.3) is 0 Å². The smallest absolute Gasteiger partial charge is 0.860 e. The first-order valence-electron chi connectivity index (χ1n) is 2.96. The second kappa shape index (κ2) is 9.31. The second-order valence-electron chi connectivity index (χ2n) is 1.87. The van der Waals surface area contributed by atoms with E-state index < -0.39 is 7.32 Å². The zero-order valence-corrected chi connectivity index (χ0v) is 13.8. The summed E-state index contributed by atoms with van der Waals surface area (Å²) >= 11 is 0. The molecule has 0 aliphatic rings. The number of hydrogen-bond acceptors (Lipinski definition) is 4. The minimum atomic E-state index is -2.40. The average Bonchev–Trinajstić information content (AvgIpc) is 1.93. The molecule has 0 aromatic heterocycles. The van der Waals surface area contributed by atoms with Crippen molar-refractivity contribution in [1.29, 1.82) is 0 Å². The summed E-state index contributed by atoms with van der Waals surface area (Å²) in [6.45, 7) is 0. The summed E-state index contributed by atoms with van der Waals surface area (Å²) in [6, 6.07) is 5.79. The van der Waals surface area contributed by atoms with Gasteiger partial charge in [-0.15, -0.1) is 0 Å². The van der Waals surface area contributed by atoms with Crippen LogP contribution in [0.2, 0.25) is 0 Å². The molecule has 0 unspecified atom stereocenters. The number of phenols is 1. The van der Waals surface area contributed by atoms with Crippen molar-refractivity contribution in [1.82, 2.24) is 0 Å². The van der Waals surface area contributed by atoms with Crippen molar-refractivity contribution in [3.8, 4) is 11.5 Å². The Kier molecular flexibility index (Phi) is 12.5. The first-order chi connectivity index (χ1) is 5.20. The maximum Gasteiger partial charge on any atom is 1.00 e. The van der Waals surface area contributed by atoms with E-state index in [4.69, 9.17) is 5.11 Å². The zero-order valence-electron chi connectivity index (χ0n) is 7.56. The van der Waals surface area contributed by atoms with Gasteiger partial charge in [-0.3, -0.25) is 0 Å². The largest absolute Gasteiger partial charge is 1.00 e. The van der Waals surface area contributed by atoms with E-state index in [9.17, 15) is 10.0 Å². The predicted molar refractivity (Wildman–Crippen MR) is 34.5 cm³/mol. The molecule has 0 aliphatic heterocycles. The van der Waals surface area contributed by atoms with E-state index in [0.29, 0.717) is 0 Å². The quantitative estimate of drug-likeness (QED) is 0.512. The monoisotopic (exact) mass is 230 g/mol. The molecule has 1 rings (SSSR count). The standard InChI is InChI=1S/C6H5BO4.2K/c8-5-3-1-2-4-6(5)11-7(9)10;;/h1-4,8H;;/q-2;2*+1. The second-order valence-corrected chi connectivity index (χ2v) is 1.87. The Morgan fingerprint density at radius 2 is 1.69 bits per heavy atom. The van der Waals surface area contributed by atoms with Gasteiger partial charge in [-0.05, 0) is 12.1 Å². The molecule has 1 N–H and O–H groups in total. The van der Waals surface area contributed by atoms with Crippen molar-refractivity contribution in [3.05, 3.63) is 24.3 Å². The van der Waals surface area contributed by atoms with Crippen molar-refractivity contribution >= 4 is 7.32 Å². The van der Waals surface area contributed by atoms with Crippen LogP contribution in [0.1, 0.15) is 0 Å². The summed E-state index contributed by atoms with van der Waals surface area (Å²) in [5.41, 5.74) is 0. The molecule has 0 heterocycles. The van der Waals surface area contributed by atoms with Crippen molar-refractivity contribution in [3.63, 3.8) is 0 Å². The van der Waals surface area contributed by atoms with Crippen molar-refractivity contribution in [2.24, 2.45) is 0 Å². The van der Waals surface area contributed by atoms with Crippen molar-refractivity contribution < 1.29 is 123 Å².